The summed E-state index contributed by atoms with van der Waals surface area (Å²) in [6.45, 7) is 5.09. The van der Waals surface area contributed by atoms with Crippen LogP contribution in [0.4, 0.5) is 13.6 Å². The van der Waals surface area contributed by atoms with Crippen molar-refractivity contribution in [2.45, 2.75) is 57.3 Å². The maximum Gasteiger partial charge on any atom is 0.408 e. The highest BCUT2D eigenvalue weighted by Gasteiger charge is 2.45. The average Bonchev–Trinajstić information content (AvgIpc) is 2.35. The summed E-state index contributed by atoms with van der Waals surface area (Å²) in [6.07, 6.45) is 0.800. The van der Waals surface area contributed by atoms with Crippen LogP contribution in [-0.2, 0) is 4.74 Å². The van der Waals surface area contributed by atoms with Gasteiger partial charge >= 0.3 is 6.09 Å². The highest BCUT2D eigenvalue weighted by molar-refractivity contribution is 5.68. The molecule has 0 spiro atoms. The molecule has 1 aliphatic carbocycles. The molecular weight excluding hydrogens is 292 g/mol. The number of alkyl carbamates (subject to hydrolysis) is 1. The topological polar surface area (TPSA) is 58.6 Å². The van der Waals surface area contributed by atoms with E-state index in [-0.39, 0.29) is 5.56 Å². The highest BCUT2D eigenvalue weighted by Crippen LogP contribution is 2.43. The first-order valence-electron chi connectivity index (χ1n) is 7.28. The Labute approximate surface area is 128 Å². The van der Waals surface area contributed by atoms with Gasteiger partial charge in [-0.25, -0.2) is 13.6 Å². The standard InChI is InChI=1S/C16H21F2NO3/c1-15(2,3)22-14(20)19-13(16(21)8-5-9-16)10-6-4-7-11(17)12(10)18/h4,6-7,13,21H,5,8-9H2,1-3H3,(H,19,20). The lowest BCUT2D eigenvalue weighted by atomic mass is 9.72. The number of amides is 1. The molecule has 1 aromatic carbocycles. The van der Waals surface area contributed by atoms with Gasteiger partial charge in [0.05, 0.1) is 11.6 Å². The summed E-state index contributed by atoms with van der Waals surface area (Å²) >= 11 is 0. The molecule has 1 aromatic rings. The summed E-state index contributed by atoms with van der Waals surface area (Å²) in [4.78, 5) is 12.0. The Morgan fingerprint density at radius 2 is 2.00 bits per heavy atom. The number of benzene rings is 1. The van der Waals surface area contributed by atoms with Crippen molar-refractivity contribution in [3.05, 3.63) is 35.4 Å². The molecule has 6 heteroatoms. The van der Waals surface area contributed by atoms with Gasteiger partial charge in [-0.05, 0) is 46.1 Å². The maximum atomic E-state index is 14.1. The van der Waals surface area contributed by atoms with Gasteiger partial charge in [-0.2, -0.15) is 0 Å². The van der Waals surface area contributed by atoms with Gasteiger partial charge in [0.2, 0.25) is 0 Å². The number of hydrogen-bond acceptors (Lipinski definition) is 3. The van der Waals surface area contributed by atoms with E-state index >= 15 is 0 Å². The Hall–Kier alpha value is -1.69. The van der Waals surface area contributed by atoms with Gasteiger partial charge in [0.15, 0.2) is 11.6 Å². The lowest BCUT2D eigenvalue weighted by Gasteiger charge is -2.43. The Morgan fingerprint density at radius 1 is 1.36 bits per heavy atom. The first-order valence-corrected chi connectivity index (χ1v) is 7.28. The smallest absolute Gasteiger partial charge is 0.408 e. The fourth-order valence-electron chi connectivity index (χ4n) is 2.50. The maximum absolute atomic E-state index is 14.1. The minimum absolute atomic E-state index is 0.0759. The molecule has 122 valence electrons. The summed E-state index contributed by atoms with van der Waals surface area (Å²) in [5, 5.41) is 13.0. The van der Waals surface area contributed by atoms with Crippen molar-refractivity contribution in [1.82, 2.24) is 5.32 Å². The van der Waals surface area contributed by atoms with Crippen LogP contribution in [0.1, 0.15) is 51.6 Å². The molecule has 2 rings (SSSR count). The van der Waals surface area contributed by atoms with Crippen molar-refractivity contribution in [3.8, 4) is 0 Å². The minimum Gasteiger partial charge on any atom is -0.444 e. The number of halogens is 2. The molecule has 1 unspecified atom stereocenters. The van der Waals surface area contributed by atoms with Gasteiger partial charge in [-0.15, -0.1) is 0 Å². The third-order valence-corrected chi connectivity index (χ3v) is 3.71. The monoisotopic (exact) mass is 313 g/mol. The Morgan fingerprint density at radius 3 is 2.50 bits per heavy atom. The predicted octanol–water partition coefficient (Wildman–Crippen LogP) is 3.45. The number of nitrogens with one attached hydrogen (secondary N) is 1. The van der Waals surface area contributed by atoms with Crippen molar-refractivity contribution < 1.29 is 23.4 Å². The SMILES string of the molecule is CC(C)(C)OC(=O)NC(c1cccc(F)c1F)C1(O)CCC1. The average molecular weight is 313 g/mol. The largest absolute Gasteiger partial charge is 0.444 e. The summed E-state index contributed by atoms with van der Waals surface area (Å²) in [7, 11) is 0. The first kappa shape index (κ1) is 16.7. The summed E-state index contributed by atoms with van der Waals surface area (Å²) in [5.41, 5.74) is -2.09. The molecule has 22 heavy (non-hydrogen) atoms. The fraction of sp³-hybridized carbons (Fsp3) is 0.562. The molecule has 4 nitrogen and oxygen atoms in total. The van der Waals surface area contributed by atoms with E-state index in [0.29, 0.717) is 12.8 Å². The predicted molar refractivity (Wildman–Crippen MR) is 77.3 cm³/mol. The van der Waals surface area contributed by atoms with E-state index in [1.807, 2.05) is 0 Å². The van der Waals surface area contributed by atoms with Crippen LogP contribution in [0.25, 0.3) is 0 Å². The summed E-state index contributed by atoms with van der Waals surface area (Å²) in [5.74, 6) is -2.08. The van der Waals surface area contributed by atoms with Crippen molar-refractivity contribution in [2.24, 2.45) is 0 Å². The van der Waals surface area contributed by atoms with Gasteiger partial charge in [-0.3, -0.25) is 0 Å². The van der Waals surface area contributed by atoms with E-state index < -0.39 is 35.0 Å². The molecule has 0 radical (unpaired) electrons. The molecule has 0 aromatic heterocycles. The zero-order chi connectivity index (χ0) is 16.5. The fourth-order valence-corrected chi connectivity index (χ4v) is 2.50. The summed E-state index contributed by atoms with van der Waals surface area (Å²) in [6, 6.07) is 2.65. The van der Waals surface area contributed by atoms with Crippen molar-refractivity contribution in [3.63, 3.8) is 0 Å². The van der Waals surface area contributed by atoms with E-state index in [1.54, 1.807) is 20.8 Å². The number of rotatable bonds is 3. The van der Waals surface area contributed by atoms with Gasteiger partial charge < -0.3 is 15.2 Å². The van der Waals surface area contributed by atoms with E-state index in [9.17, 15) is 18.7 Å². The van der Waals surface area contributed by atoms with E-state index in [2.05, 4.69) is 5.32 Å². The molecule has 0 aliphatic heterocycles. The molecule has 1 aliphatic rings. The van der Waals surface area contributed by atoms with Crippen LogP contribution in [0, 0.1) is 11.6 Å². The van der Waals surface area contributed by atoms with Crippen molar-refractivity contribution in [2.75, 3.05) is 0 Å². The molecule has 0 heterocycles. The number of carbonyl (C=O) groups excluding carboxylic acids is 1. The third kappa shape index (κ3) is 3.55. The van der Waals surface area contributed by atoms with Gasteiger partial charge in [0, 0.05) is 5.56 Å². The van der Waals surface area contributed by atoms with Crippen LogP contribution < -0.4 is 5.32 Å². The van der Waals surface area contributed by atoms with Crippen molar-refractivity contribution in [1.29, 1.82) is 0 Å². The van der Waals surface area contributed by atoms with Crippen LogP contribution in [0.5, 0.6) is 0 Å². The van der Waals surface area contributed by atoms with Gasteiger partial charge in [0.1, 0.15) is 5.60 Å². The van der Waals surface area contributed by atoms with E-state index in [0.717, 1.165) is 12.5 Å². The van der Waals surface area contributed by atoms with E-state index in [1.165, 1.54) is 12.1 Å². The second kappa shape index (κ2) is 5.83. The number of aliphatic hydroxyl groups is 1. The molecule has 1 atom stereocenters. The second-order valence-corrected chi connectivity index (χ2v) is 6.68. The van der Waals surface area contributed by atoms with Crippen LogP contribution in [-0.4, -0.2) is 22.4 Å². The quantitative estimate of drug-likeness (QED) is 0.898. The Kier molecular flexibility index (Phi) is 4.42. The minimum atomic E-state index is -1.29. The summed E-state index contributed by atoms with van der Waals surface area (Å²) < 4.78 is 32.7. The molecule has 0 bridgehead atoms. The Balaban J connectivity index is 2.28. The van der Waals surface area contributed by atoms with E-state index in [4.69, 9.17) is 4.74 Å². The second-order valence-electron chi connectivity index (χ2n) is 6.68. The number of carbonyl (C=O) groups is 1. The molecule has 0 saturated heterocycles. The zero-order valence-electron chi connectivity index (χ0n) is 13.0. The van der Waals surface area contributed by atoms with Crippen LogP contribution >= 0.6 is 0 Å². The van der Waals surface area contributed by atoms with Crippen LogP contribution in [0.3, 0.4) is 0 Å². The zero-order valence-corrected chi connectivity index (χ0v) is 13.0. The third-order valence-electron chi connectivity index (χ3n) is 3.71. The molecule has 1 amide bonds. The lowest BCUT2D eigenvalue weighted by molar-refractivity contribution is -0.0686. The normalized spacial score (nSPS) is 18.3. The highest BCUT2D eigenvalue weighted by atomic mass is 19.2. The van der Waals surface area contributed by atoms with Gasteiger partial charge in [-0.1, -0.05) is 12.1 Å². The van der Waals surface area contributed by atoms with Crippen molar-refractivity contribution >= 4 is 6.09 Å². The molecule has 2 N–H and O–H groups in total. The first-order chi connectivity index (χ1) is 10.1. The number of ether oxygens (including phenoxy) is 1. The Bertz CT molecular complexity index is 565. The van der Waals surface area contributed by atoms with Crippen LogP contribution in [0.15, 0.2) is 18.2 Å². The number of hydrogen-bond donors (Lipinski definition) is 2. The molecule has 1 saturated carbocycles. The molecular formula is C16H21F2NO3. The lowest BCUT2D eigenvalue weighted by Crippen LogP contribution is -2.51. The molecule has 1 fully saturated rings. The van der Waals surface area contributed by atoms with Gasteiger partial charge in [0.25, 0.3) is 0 Å². The van der Waals surface area contributed by atoms with Crippen LogP contribution in [0.2, 0.25) is 0 Å².